The van der Waals surface area contributed by atoms with Gasteiger partial charge in [-0.2, -0.15) is 15.0 Å². The Morgan fingerprint density at radius 3 is 1.95 bits per heavy atom. The van der Waals surface area contributed by atoms with E-state index < -0.39 is 0 Å². The molecular weight excluding hydrogens is 254 g/mol. The van der Waals surface area contributed by atoms with Crippen LogP contribution < -0.4 is 9.80 Å². The summed E-state index contributed by atoms with van der Waals surface area (Å²) in [6.07, 6.45) is 3.65. The summed E-state index contributed by atoms with van der Waals surface area (Å²) >= 11 is 0. The zero-order valence-electron chi connectivity index (χ0n) is 12.9. The number of hydrogen-bond donors (Lipinski definition) is 0. The maximum absolute atomic E-state index is 4.50. The molecule has 2 rings (SSSR count). The summed E-state index contributed by atoms with van der Waals surface area (Å²) in [6, 6.07) is 0. The van der Waals surface area contributed by atoms with Gasteiger partial charge in [0.05, 0.1) is 0 Å². The molecule has 2 heterocycles. The van der Waals surface area contributed by atoms with E-state index in [-0.39, 0.29) is 0 Å². The van der Waals surface area contributed by atoms with Crippen molar-refractivity contribution in [2.75, 3.05) is 38.0 Å². The summed E-state index contributed by atoms with van der Waals surface area (Å²) in [5, 5.41) is 0. The number of anilines is 2. The number of rotatable bonds is 4. The van der Waals surface area contributed by atoms with Gasteiger partial charge >= 0.3 is 0 Å². The first kappa shape index (κ1) is 14.2. The van der Waals surface area contributed by atoms with Crippen LogP contribution in [0, 0.1) is 0 Å². The molecule has 0 aromatic carbocycles. The molecular formula is C13H21N7. The fourth-order valence-electron chi connectivity index (χ4n) is 1.76. The first-order valence-corrected chi connectivity index (χ1v) is 6.54. The molecule has 7 heteroatoms. The van der Waals surface area contributed by atoms with Crippen molar-refractivity contribution >= 4 is 11.9 Å². The van der Waals surface area contributed by atoms with E-state index in [0.29, 0.717) is 23.8 Å². The third-order valence-electron chi connectivity index (χ3n) is 2.80. The van der Waals surface area contributed by atoms with Gasteiger partial charge < -0.3 is 9.80 Å². The average Bonchev–Trinajstić information content (AvgIpc) is 2.87. The van der Waals surface area contributed by atoms with Crippen molar-refractivity contribution in [3.8, 4) is 5.95 Å². The van der Waals surface area contributed by atoms with Crippen LogP contribution in [-0.4, -0.2) is 52.7 Å². The molecule has 0 N–H and O–H groups in total. The molecule has 0 bridgehead atoms. The van der Waals surface area contributed by atoms with E-state index in [1.54, 1.807) is 6.20 Å². The Hall–Kier alpha value is -2.18. The maximum Gasteiger partial charge on any atom is 0.241 e. The second-order valence-corrected chi connectivity index (χ2v) is 5.33. The Morgan fingerprint density at radius 2 is 1.50 bits per heavy atom. The minimum absolute atomic E-state index is 0.298. The molecule has 0 aliphatic carbocycles. The minimum atomic E-state index is 0.298. The monoisotopic (exact) mass is 275 g/mol. The quantitative estimate of drug-likeness (QED) is 0.838. The highest BCUT2D eigenvalue weighted by Crippen LogP contribution is 2.18. The van der Waals surface area contributed by atoms with Crippen molar-refractivity contribution < 1.29 is 0 Å². The molecule has 0 saturated heterocycles. The third kappa shape index (κ3) is 2.71. The van der Waals surface area contributed by atoms with Crippen LogP contribution in [0.2, 0.25) is 0 Å². The molecule has 0 aliphatic heterocycles. The number of nitrogens with zero attached hydrogens (tertiary/aromatic N) is 7. The predicted molar refractivity (Wildman–Crippen MR) is 79.7 cm³/mol. The van der Waals surface area contributed by atoms with E-state index in [4.69, 9.17) is 0 Å². The van der Waals surface area contributed by atoms with Gasteiger partial charge in [-0.25, -0.2) is 4.98 Å². The Balaban J connectivity index is 2.58. The lowest BCUT2D eigenvalue weighted by atomic mass is 10.2. The molecule has 2 aromatic rings. The fraction of sp³-hybridized carbons (Fsp3) is 0.538. The van der Waals surface area contributed by atoms with Gasteiger partial charge in [-0.1, -0.05) is 13.8 Å². The van der Waals surface area contributed by atoms with Gasteiger partial charge in [0, 0.05) is 46.5 Å². The van der Waals surface area contributed by atoms with Crippen LogP contribution in [0.1, 0.15) is 25.6 Å². The van der Waals surface area contributed by atoms with Crippen molar-refractivity contribution in [2.45, 2.75) is 19.8 Å². The first-order chi connectivity index (χ1) is 9.40. The van der Waals surface area contributed by atoms with Crippen molar-refractivity contribution in [2.24, 2.45) is 0 Å². The Labute approximate surface area is 119 Å². The van der Waals surface area contributed by atoms with E-state index in [0.717, 1.165) is 5.82 Å². The third-order valence-corrected chi connectivity index (χ3v) is 2.80. The number of hydrogen-bond acceptors (Lipinski definition) is 6. The van der Waals surface area contributed by atoms with Crippen molar-refractivity contribution in [1.29, 1.82) is 0 Å². The first-order valence-electron chi connectivity index (χ1n) is 6.54. The van der Waals surface area contributed by atoms with Crippen LogP contribution in [0.15, 0.2) is 12.4 Å². The van der Waals surface area contributed by atoms with E-state index >= 15 is 0 Å². The van der Waals surface area contributed by atoms with Crippen LogP contribution in [0.4, 0.5) is 11.9 Å². The Morgan fingerprint density at radius 1 is 0.950 bits per heavy atom. The summed E-state index contributed by atoms with van der Waals surface area (Å²) in [5.41, 5.74) is 0. The summed E-state index contributed by atoms with van der Waals surface area (Å²) < 4.78 is 1.91. The molecule has 0 radical (unpaired) electrons. The van der Waals surface area contributed by atoms with E-state index in [9.17, 15) is 0 Å². The Bertz CT molecular complexity index is 560. The van der Waals surface area contributed by atoms with E-state index in [1.807, 2.05) is 48.8 Å². The lowest BCUT2D eigenvalue weighted by Gasteiger charge is -2.17. The standard InChI is InChI=1S/C13H21N7/c1-9(2)10-14-7-8-20(10)13-16-11(18(3)4)15-12(17-13)19(5)6/h7-9H,1-6H3. The van der Waals surface area contributed by atoms with Gasteiger partial charge in [0.25, 0.3) is 0 Å². The SMILES string of the molecule is CC(C)c1nccn1-c1nc(N(C)C)nc(N(C)C)n1. The molecule has 7 nitrogen and oxygen atoms in total. The zero-order valence-corrected chi connectivity index (χ0v) is 12.9. The van der Waals surface area contributed by atoms with Crippen LogP contribution in [-0.2, 0) is 0 Å². The average molecular weight is 275 g/mol. The second kappa shape index (κ2) is 5.44. The fourth-order valence-corrected chi connectivity index (χ4v) is 1.76. The predicted octanol–water partition coefficient (Wildman–Crippen LogP) is 1.31. The van der Waals surface area contributed by atoms with Crippen LogP contribution in [0.25, 0.3) is 5.95 Å². The van der Waals surface area contributed by atoms with Gasteiger partial charge in [0.2, 0.25) is 17.8 Å². The molecule has 0 amide bonds. The normalized spacial score (nSPS) is 10.9. The highest BCUT2D eigenvalue weighted by atomic mass is 15.3. The summed E-state index contributed by atoms with van der Waals surface area (Å²) in [6.45, 7) is 4.19. The van der Waals surface area contributed by atoms with Crippen LogP contribution in [0.5, 0.6) is 0 Å². The molecule has 0 fully saturated rings. The van der Waals surface area contributed by atoms with Gasteiger partial charge in [0.15, 0.2) is 0 Å². The van der Waals surface area contributed by atoms with Gasteiger partial charge in [-0.15, -0.1) is 0 Å². The van der Waals surface area contributed by atoms with Crippen molar-refractivity contribution in [3.63, 3.8) is 0 Å². The zero-order chi connectivity index (χ0) is 14.9. The molecule has 0 unspecified atom stereocenters. The lowest BCUT2D eigenvalue weighted by molar-refractivity contribution is 0.726. The molecule has 0 spiro atoms. The van der Waals surface area contributed by atoms with Gasteiger partial charge in [0.1, 0.15) is 5.82 Å². The molecule has 2 aromatic heterocycles. The largest absolute Gasteiger partial charge is 0.347 e. The topological polar surface area (TPSA) is 63.0 Å². The summed E-state index contributed by atoms with van der Waals surface area (Å²) in [5.74, 6) is 3.08. The molecule has 108 valence electrons. The van der Waals surface area contributed by atoms with Crippen molar-refractivity contribution in [1.82, 2.24) is 24.5 Å². The highest BCUT2D eigenvalue weighted by Gasteiger charge is 2.15. The Kier molecular flexibility index (Phi) is 3.87. The molecule has 0 aliphatic rings. The number of aromatic nitrogens is 5. The van der Waals surface area contributed by atoms with Crippen LogP contribution in [0.3, 0.4) is 0 Å². The van der Waals surface area contributed by atoms with E-state index in [1.165, 1.54) is 0 Å². The van der Waals surface area contributed by atoms with Crippen molar-refractivity contribution in [3.05, 3.63) is 18.2 Å². The van der Waals surface area contributed by atoms with Gasteiger partial charge in [-0.05, 0) is 0 Å². The highest BCUT2D eigenvalue weighted by molar-refractivity contribution is 5.40. The van der Waals surface area contributed by atoms with Crippen LogP contribution >= 0.6 is 0 Å². The molecule has 0 atom stereocenters. The minimum Gasteiger partial charge on any atom is -0.347 e. The number of imidazole rings is 1. The van der Waals surface area contributed by atoms with E-state index in [2.05, 4.69) is 33.8 Å². The summed E-state index contributed by atoms with van der Waals surface area (Å²) in [4.78, 5) is 21.5. The lowest BCUT2D eigenvalue weighted by Crippen LogP contribution is -2.21. The molecule has 20 heavy (non-hydrogen) atoms. The molecule has 0 saturated carbocycles. The maximum atomic E-state index is 4.50. The van der Waals surface area contributed by atoms with Gasteiger partial charge in [-0.3, -0.25) is 4.57 Å². The summed E-state index contributed by atoms with van der Waals surface area (Å²) in [7, 11) is 7.65. The second-order valence-electron chi connectivity index (χ2n) is 5.33. The smallest absolute Gasteiger partial charge is 0.241 e.